The van der Waals surface area contributed by atoms with Crippen LogP contribution < -0.4 is 19.7 Å². The third kappa shape index (κ3) is 4.88. The van der Waals surface area contributed by atoms with Gasteiger partial charge in [0.15, 0.2) is 11.6 Å². The number of hydrogen-bond donors (Lipinski definition) is 1. The molecule has 0 fully saturated rings. The van der Waals surface area contributed by atoms with Crippen LogP contribution in [0.1, 0.15) is 30.1 Å². The number of aromatic nitrogens is 1. The number of anilines is 1. The predicted molar refractivity (Wildman–Crippen MR) is 120 cm³/mol. The van der Waals surface area contributed by atoms with Gasteiger partial charge in [-0.25, -0.2) is 4.98 Å². The Morgan fingerprint density at radius 1 is 1.12 bits per heavy atom. The maximum Gasteiger partial charge on any atom is 0.274 e. The molecular formula is C25H25N3O4. The smallest absolute Gasteiger partial charge is 0.274 e. The normalized spacial score (nSPS) is 15.0. The molecule has 1 aliphatic heterocycles. The Morgan fingerprint density at radius 2 is 1.97 bits per heavy atom. The van der Waals surface area contributed by atoms with Gasteiger partial charge < -0.3 is 14.8 Å². The fourth-order valence-corrected chi connectivity index (χ4v) is 3.62. The summed E-state index contributed by atoms with van der Waals surface area (Å²) in [6.45, 7) is 0.801. The van der Waals surface area contributed by atoms with Gasteiger partial charge in [0, 0.05) is 31.3 Å². The minimum atomic E-state index is -0.727. The molecule has 1 unspecified atom stereocenters. The van der Waals surface area contributed by atoms with Crippen LogP contribution in [0.15, 0.2) is 72.9 Å². The Hall–Kier alpha value is -3.87. The van der Waals surface area contributed by atoms with Gasteiger partial charge >= 0.3 is 0 Å². The SMILES string of the molecule is COc1cccc(CNC(=O)CCCN2C(=O)C(c3ccccc3)Oc3cccnc32)c1. The summed E-state index contributed by atoms with van der Waals surface area (Å²) in [4.78, 5) is 31.5. The second-order valence-corrected chi connectivity index (χ2v) is 7.46. The minimum Gasteiger partial charge on any atom is -0.497 e. The van der Waals surface area contributed by atoms with Gasteiger partial charge in [-0.3, -0.25) is 14.5 Å². The van der Waals surface area contributed by atoms with Crippen LogP contribution in [-0.4, -0.2) is 30.5 Å². The van der Waals surface area contributed by atoms with Crippen LogP contribution in [0.3, 0.4) is 0 Å². The summed E-state index contributed by atoms with van der Waals surface area (Å²) in [7, 11) is 1.61. The third-order valence-corrected chi connectivity index (χ3v) is 5.25. The highest BCUT2D eigenvalue weighted by atomic mass is 16.5. The number of amides is 2. The molecule has 0 radical (unpaired) electrons. The number of nitrogens with zero attached hydrogens (tertiary/aromatic N) is 2. The Morgan fingerprint density at radius 3 is 2.78 bits per heavy atom. The summed E-state index contributed by atoms with van der Waals surface area (Å²) in [5, 5.41) is 2.91. The number of carbonyl (C=O) groups excluding carboxylic acids is 2. The Kier molecular flexibility index (Phi) is 6.65. The molecule has 1 N–H and O–H groups in total. The van der Waals surface area contributed by atoms with Crippen LogP contribution in [0.4, 0.5) is 5.82 Å². The number of fused-ring (bicyclic) bond motifs is 1. The van der Waals surface area contributed by atoms with Gasteiger partial charge in [0.05, 0.1) is 7.11 Å². The standard InChI is InChI=1S/C25H25N3O4/c1-31-20-11-5-8-18(16-20)17-27-22(29)13-7-15-28-24-21(12-6-14-26-24)32-23(25(28)30)19-9-3-2-4-10-19/h2-6,8-12,14,16,23H,7,13,15,17H2,1H3,(H,27,29). The summed E-state index contributed by atoms with van der Waals surface area (Å²) in [5.41, 5.74) is 1.75. The zero-order valence-corrected chi connectivity index (χ0v) is 17.9. The number of ether oxygens (including phenoxy) is 2. The van der Waals surface area contributed by atoms with E-state index in [9.17, 15) is 9.59 Å². The molecule has 7 nitrogen and oxygen atoms in total. The second kappa shape index (κ2) is 9.96. The van der Waals surface area contributed by atoms with Gasteiger partial charge in [0.25, 0.3) is 5.91 Å². The van der Waals surface area contributed by atoms with Crippen molar-refractivity contribution >= 4 is 17.6 Å². The molecule has 1 aromatic heterocycles. The molecule has 2 aromatic carbocycles. The highest BCUT2D eigenvalue weighted by molar-refractivity contribution is 5.99. The van der Waals surface area contributed by atoms with Gasteiger partial charge in [-0.05, 0) is 36.2 Å². The van der Waals surface area contributed by atoms with E-state index >= 15 is 0 Å². The van der Waals surface area contributed by atoms with E-state index in [1.807, 2.05) is 54.6 Å². The van der Waals surface area contributed by atoms with Crippen LogP contribution in [0.25, 0.3) is 0 Å². The molecule has 2 amide bonds. The summed E-state index contributed by atoms with van der Waals surface area (Å²) in [6, 6.07) is 20.5. The third-order valence-electron chi connectivity index (χ3n) is 5.25. The molecule has 3 aromatic rings. The first kappa shape index (κ1) is 21.4. The molecule has 32 heavy (non-hydrogen) atoms. The van der Waals surface area contributed by atoms with Crippen molar-refractivity contribution < 1.29 is 19.1 Å². The fraction of sp³-hybridized carbons (Fsp3) is 0.240. The maximum absolute atomic E-state index is 13.2. The Balaban J connectivity index is 1.37. The van der Waals surface area contributed by atoms with E-state index in [-0.39, 0.29) is 11.8 Å². The second-order valence-electron chi connectivity index (χ2n) is 7.46. The molecule has 0 spiro atoms. The molecule has 7 heteroatoms. The van der Waals surface area contributed by atoms with Crippen molar-refractivity contribution in [1.82, 2.24) is 10.3 Å². The fourth-order valence-electron chi connectivity index (χ4n) is 3.62. The zero-order valence-electron chi connectivity index (χ0n) is 17.9. The first-order valence-corrected chi connectivity index (χ1v) is 10.5. The first-order chi connectivity index (χ1) is 15.7. The summed E-state index contributed by atoms with van der Waals surface area (Å²) in [6.07, 6.45) is 1.71. The Bertz CT molecular complexity index is 1090. The van der Waals surface area contributed by atoms with Crippen LogP contribution >= 0.6 is 0 Å². The summed E-state index contributed by atoms with van der Waals surface area (Å²) in [5.74, 6) is 1.54. The van der Waals surface area contributed by atoms with Crippen LogP contribution in [0.5, 0.6) is 11.5 Å². The number of pyridine rings is 1. The van der Waals surface area contributed by atoms with Gasteiger partial charge in [-0.2, -0.15) is 0 Å². The van der Waals surface area contributed by atoms with Crippen molar-refractivity contribution in [2.45, 2.75) is 25.5 Å². The average Bonchev–Trinajstić information content (AvgIpc) is 2.84. The molecular weight excluding hydrogens is 406 g/mol. The number of nitrogens with one attached hydrogen (secondary N) is 1. The van der Waals surface area contributed by atoms with Gasteiger partial charge in [-0.15, -0.1) is 0 Å². The Labute approximate surface area is 187 Å². The molecule has 4 rings (SSSR count). The molecule has 0 saturated heterocycles. The zero-order chi connectivity index (χ0) is 22.3. The lowest BCUT2D eigenvalue weighted by atomic mass is 10.1. The molecule has 164 valence electrons. The lowest BCUT2D eigenvalue weighted by molar-refractivity contribution is -0.127. The van der Waals surface area contributed by atoms with Gasteiger partial charge in [0.1, 0.15) is 5.75 Å². The number of methoxy groups -OCH3 is 1. The van der Waals surface area contributed by atoms with E-state index in [1.54, 1.807) is 30.3 Å². The minimum absolute atomic E-state index is 0.0746. The van der Waals surface area contributed by atoms with E-state index in [4.69, 9.17) is 9.47 Å². The largest absolute Gasteiger partial charge is 0.497 e. The number of carbonyl (C=O) groups is 2. The monoisotopic (exact) mass is 431 g/mol. The summed E-state index contributed by atoms with van der Waals surface area (Å²) >= 11 is 0. The lowest BCUT2D eigenvalue weighted by Gasteiger charge is -2.33. The number of rotatable bonds is 8. The predicted octanol–water partition coefficient (Wildman–Crippen LogP) is 3.65. The number of benzene rings is 2. The van der Waals surface area contributed by atoms with Crippen molar-refractivity contribution in [3.8, 4) is 11.5 Å². The van der Waals surface area contributed by atoms with Crippen LogP contribution in [-0.2, 0) is 16.1 Å². The summed E-state index contributed by atoms with van der Waals surface area (Å²) < 4.78 is 11.2. The van der Waals surface area contributed by atoms with E-state index in [0.29, 0.717) is 37.5 Å². The molecule has 0 bridgehead atoms. The van der Waals surface area contributed by atoms with Gasteiger partial charge in [-0.1, -0.05) is 42.5 Å². The molecule has 0 saturated carbocycles. The van der Waals surface area contributed by atoms with Crippen molar-refractivity contribution in [1.29, 1.82) is 0 Å². The van der Waals surface area contributed by atoms with E-state index in [1.165, 1.54) is 0 Å². The highest BCUT2D eigenvalue weighted by Gasteiger charge is 2.36. The van der Waals surface area contributed by atoms with Crippen molar-refractivity contribution in [3.63, 3.8) is 0 Å². The van der Waals surface area contributed by atoms with E-state index in [2.05, 4.69) is 10.3 Å². The molecule has 1 aliphatic rings. The topological polar surface area (TPSA) is 80.8 Å². The average molecular weight is 431 g/mol. The molecule has 1 atom stereocenters. The maximum atomic E-state index is 13.2. The lowest BCUT2D eigenvalue weighted by Crippen LogP contribution is -2.42. The van der Waals surface area contributed by atoms with Crippen LogP contribution in [0, 0.1) is 0 Å². The van der Waals surface area contributed by atoms with Crippen molar-refractivity contribution in [2.24, 2.45) is 0 Å². The van der Waals surface area contributed by atoms with Gasteiger partial charge in [0.2, 0.25) is 12.0 Å². The van der Waals surface area contributed by atoms with Crippen molar-refractivity contribution in [3.05, 3.63) is 84.1 Å². The first-order valence-electron chi connectivity index (χ1n) is 10.5. The quantitative estimate of drug-likeness (QED) is 0.589. The molecule has 2 heterocycles. The molecule has 0 aliphatic carbocycles. The van der Waals surface area contributed by atoms with E-state index < -0.39 is 6.10 Å². The number of hydrogen-bond acceptors (Lipinski definition) is 5. The highest BCUT2D eigenvalue weighted by Crippen LogP contribution is 2.37. The van der Waals surface area contributed by atoms with Crippen molar-refractivity contribution in [2.75, 3.05) is 18.6 Å². The van der Waals surface area contributed by atoms with E-state index in [0.717, 1.165) is 16.9 Å². The van der Waals surface area contributed by atoms with Crippen LogP contribution in [0.2, 0.25) is 0 Å².